The molecule has 0 spiro atoms. The van der Waals surface area contributed by atoms with E-state index in [1.807, 2.05) is 24.6 Å². The van der Waals surface area contributed by atoms with Crippen LogP contribution in [0.1, 0.15) is 74.9 Å². The third kappa shape index (κ3) is 2.83. The lowest BCUT2D eigenvalue weighted by atomic mass is 9.47. The zero-order chi connectivity index (χ0) is 20.4. The van der Waals surface area contributed by atoms with E-state index in [-0.39, 0.29) is 16.7 Å². The number of fused-ring (bicyclic) bond motifs is 5. The van der Waals surface area contributed by atoms with Crippen molar-refractivity contribution in [3.8, 4) is 0 Å². The van der Waals surface area contributed by atoms with Crippen LogP contribution in [0.15, 0.2) is 17.5 Å². The molecule has 2 amide bonds. The van der Waals surface area contributed by atoms with Crippen molar-refractivity contribution in [3.63, 3.8) is 0 Å². The second-order valence-electron chi connectivity index (χ2n) is 10.6. The molecule has 2 unspecified atom stereocenters. The van der Waals surface area contributed by atoms with Gasteiger partial charge in [0.25, 0.3) is 5.91 Å². The number of rotatable bonds is 2. The molecule has 0 radical (unpaired) electrons. The summed E-state index contributed by atoms with van der Waals surface area (Å²) < 4.78 is 0. The molecule has 29 heavy (non-hydrogen) atoms. The Morgan fingerprint density at radius 1 is 1.10 bits per heavy atom. The van der Waals surface area contributed by atoms with Crippen molar-refractivity contribution in [2.45, 2.75) is 77.3 Å². The fraction of sp³-hybridized carbons (Fsp3) is 0.750. The Morgan fingerprint density at radius 2 is 1.90 bits per heavy atom. The van der Waals surface area contributed by atoms with E-state index in [1.165, 1.54) is 37.0 Å². The van der Waals surface area contributed by atoms with Gasteiger partial charge in [-0.15, -0.1) is 11.3 Å². The number of carbonyl (C=O) groups is 2. The van der Waals surface area contributed by atoms with Crippen molar-refractivity contribution < 1.29 is 9.59 Å². The Balaban J connectivity index is 1.36. The molecule has 5 heteroatoms. The molecule has 1 aromatic heterocycles. The van der Waals surface area contributed by atoms with E-state index in [4.69, 9.17) is 0 Å². The molecule has 0 bridgehead atoms. The van der Waals surface area contributed by atoms with E-state index in [0.717, 1.165) is 36.0 Å². The summed E-state index contributed by atoms with van der Waals surface area (Å²) in [6, 6.07) is 4.60. The molecule has 1 aliphatic heterocycles. The molecule has 4 nitrogen and oxygen atoms in total. The van der Waals surface area contributed by atoms with Crippen LogP contribution in [0.25, 0.3) is 0 Å². The van der Waals surface area contributed by atoms with Gasteiger partial charge in [-0.05, 0) is 85.0 Å². The molecule has 3 saturated carbocycles. The molecular weight excluding hydrogens is 380 g/mol. The van der Waals surface area contributed by atoms with Crippen LogP contribution in [0, 0.1) is 28.6 Å². The van der Waals surface area contributed by atoms with Gasteiger partial charge < -0.3 is 10.2 Å². The van der Waals surface area contributed by atoms with Gasteiger partial charge in [0.1, 0.15) is 0 Å². The Morgan fingerprint density at radius 3 is 2.66 bits per heavy atom. The van der Waals surface area contributed by atoms with Gasteiger partial charge in [-0.1, -0.05) is 19.9 Å². The minimum absolute atomic E-state index is 0.108. The number of likely N-dealkylation sites (tertiary alicyclic amines) is 1. The maximum atomic E-state index is 12.7. The first-order valence-corrected chi connectivity index (χ1v) is 12.3. The molecule has 4 aliphatic rings. The van der Waals surface area contributed by atoms with Crippen molar-refractivity contribution in [2.24, 2.45) is 28.6 Å². The van der Waals surface area contributed by atoms with Crippen LogP contribution in [0.5, 0.6) is 0 Å². The smallest absolute Gasteiger partial charge is 0.261 e. The summed E-state index contributed by atoms with van der Waals surface area (Å²) in [7, 11) is 2.03. The summed E-state index contributed by atoms with van der Waals surface area (Å²) in [4.78, 5) is 27.9. The summed E-state index contributed by atoms with van der Waals surface area (Å²) >= 11 is 1.53. The van der Waals surface area contributed by atoms with Gasteiger partial charge in [-0.2, -0.15) is 0 Å². The molecule has 5 rings (SSSR count). The minimum atomic E-state index is 0.108. The van der Waals surface area contributed by atoms with Crippen molar-refractivity contribution in [2.75, 3.05) is 7.05 Å². The van der Waals surface area contributed by atoms with Crippen molar-refractivity contribution in [1.82, 2.24) is 10.2 Å². The summed E-state index contributed by atoms with van der Waals surface area (Å²) in [5.41, 5.74) is 0.485. The number of amides is 2. The van der Waals surface area contributed by atoms with Crippen molar-refractivity contribution in [3.05, 3.63) is 22.4 Å². The number of nitrogens with one attached hydrogen (secondary N) is 1. The number of carbonyl (C=O) groups excluding carboxylic acids is 2. The van der Waals surface area contributed by atoms with Gasteiger partial charge in [-0.3, -0.25) is 9.59 Å². The summed E-state index contributed by atoms with van der Waals surface area (Å²) in [6.07, 6.45) is 8.97. The van der Waals surface area contributed by atoms with Crippen LogP contribution >= 0.6 is 11.3 Å². The number of hydrogen-bond donors (Lipinski definition) is 1. The molecule has 1 aromatic rings. The second-order valence-corrected chi connectivity index (χ2v) is 11.6. The highest BCUT2D eigenvalue weighted by Crippen LogP contribution is 2.64. The van der Waals surface area contributed by atoms with Crippen LogP contribution in [0.4, 0.5) is 0 Å². The second kappa shape index (κ2) is 6.83. The van der Waals surface area contributed by atoms with Crippen LogP contribution < -0.4 is 5.32 Å². The van der Waals surface area contributed by atoms with Crippen molar-refractivity contribution >= 4 is 23.2 Å². The Hall–Kier alpha value is -1.36. The first-order valence-electron chi connectivity index (χ1n) is 11.4. The molecule has 2 heterocycles. The zero-order valence-electron chi connectivity index (χ0n) is 17.9. The first kappa shape index (κ1) is 19.6. The molecule has 3 aliphatic carbocycles. The van der Waals surface area contributed by atoms with E-state index in [1.54, 1.807) is 0 Å². The van der Waals surface area contributed by atoms with Crippen LogP contribution in [-0.4, -0.2) is 35.8 Å². The predicted octanol–water partition coefficient (Wildman–Crippen LogP) is 4.71. The monoisotopic (exact) mass is 414 g/mol. The molecule has 7 atom stereocenters. The minimum Gasteiger partial charge on any atom is -0.348 e. The Bertz CT molecular complexity index is 808. The van der Waals surface area contributed by atoms with Crippen LogP contribution in [0.3, 0.4) is 0 Å². The summed E-state index contributed by atoms with van der Waals surface area (Å²) in [5, 5.41) is 5.39. The predicted molar refractivity (Wildman–Crippen MR) is 116 cm³/mol. The average Bonchev–Trinajstić information content (AvgIpc) is 3.34. The highest BCUT2D eigenvalue weighted by molar-refractivity contribution is 7.12. The maximum Gasteiger partial charge on any atom is 0.261 e. The zero-order valence-corrected chi connectivity index (χ0v) is 18.8. The number of nitrogens with zero attached hydrogens (tertiary/aromatic N) is 1. The van der Waals surface area contributed by atoms with Crippen LogP contribution in [-0.2, 0) is 4.79 Å². The fourth-order valence-corrected chi connectivity index (χ4v) is 8.65. The molecule has 158 valence electrons. The fourth-order valence-electron chi connectivity index (χ4n) is 8.02. The molecule has 1 saturated heterocycles. The van der Waals surface area contributed by atoms with Gasteiger partial charge in [0.05, 0.1) is 4.88 Å². The molecule has 1 N–H and O–H groups in total. The van der Waals surface area contributed by atoms with E-state index in [9.17, 15) is 9.59 Å². The van der Waals surface area contributed by atoms with E-state index in [0.29, 0.717) is 30.3 Å². The third-order valence-corrected chi connectivity index (χ3v) is 10.5. The Kier molecular flexibility index (Phi) is 4.61. The SMILES string of the molecule is CN1C(=O)CC[C@@]2(C)C1CC[C@@H]1[C@H]2CC[C@]2(C)C(NC(=O)c3cccs3)CC[C@@H]12. The van der Waals surface area contributed by atoms with E-state index >= 15 is 0 Å². The van der Waals surface area contributed by atoms with Gasteiger partial charge in [0.15, 0.2) is 0 Å². The lowest BCUT2D eigenvalue weighted by molar-refractivity contribution is -0.157. The van der Waals surface area contributed by atoms with Gasteiger partial charge in [0.2, 0.25) is 5.91 Å². The normalized spacial score (nSPS) is 44.0. The lowest BCUT2D eigenvalue weighted by Gasteiger charge is -2.61. The van der Waals surface area contributed by atoms with Gasteiger partial charge >= 0.3 is 0 Å². The highest BCUT2D eigenvalue weighted by atomic mass is 32.1. The quantitative estimate of drug-likeness (QED) is 0.762. The number of piperidine rings is 1. The van der Waals surface area contributed by atoms with E-state index in [2.05, 4.69) is 24.1 Å². The highest BCUT2D eigenvalue weighted by Gasteiger charge is 2.61. The number of thiophene rings is 1. The third-order valence-electron chi connectivity index (χ3n) is 9.61. The van der Waals surface area contributed by atoms with Gasteiger partial charge in [0, 0.05) is 25.6 Å². The molecule has 4 fully saturated rings. The van der Waals surface area contributed by atoms with Gasteiger partial charge in [-0.25, -0.2) is 0 Å². The number of hydrogen-bond acceptors (Lipinski definition) is 3. The average molecular weight is 415 g/mol. The molecule has 0 aromatic carbocycles. The first-order chi connectivity index (χ1) is 13.8. The molecular formula is C24H34N2O2S. The van der Waals surface area contributed by atoms with E-state index < -0.39 is 0 Å². The van der Waals surface area contributed by atoms with Crippen molar-refractivity contribution in [1.29, 1.82) is 0 Å². The topological polar surface area (TPSA) is 49.4 Å². The lowest BCUT2D eigenvalue weighted by Crippen LogP contribution is -2.62. The van der Waals surface area contributed by atoms with Crippen LogP contribution in [0.2, 0.25) is 0 Å². The summed E-state index contributed by atoms with van der Waals surface area (Å²) in [5.74, 6) is 2.62. The standard InChI is InChI=1S/C24H34N2O2S/c1-23-12-10-17-15(6-9-20-24(17,2)13-11-21(27)26(20)3)16(23)7-8-19(23)25-22(28)18-5-4-14-29-18/h4-5,14-17,19-20H,6-13H2,1-3H3,(H,25,28)/t15-,16-,17+,19?,20?,23-,24+/m0/s1. The summed E-state index contributed by atoms with van der Waals surface area (Å²) in [6.45, 7) is 4.93. The Labute approximate surface area is 178 Å². The largest absolute Gasteiger partial charge is 0.348 e. The maximum absolute atomic E-state index is 12.7.